The molecule has 0 aliphatic heterocycles. The highest BCUT2D eigenvalue weighted by Gasteiger charge is 2.04. The molecule has 4 nitrogen and oxygen atoms in total. The molecule has 0 radical (unpaired) electrons. The molecular weight excluding hydrogens is 336 g/mol. The molecule has 2 aromatic carbocycles. The number of nitrogens with zero attached hydrogens (tertiary/aromatic N) is 1. The molecule has 1 heterocycles. The lowest BCUT2D eigenvalue weighted by atomic mass is 10.1. The highest BCUT2D eigenvalue weighted by Crippen LogP contribution is 2.27. The number of benzene rings is 2. The molecule has 0 bridgehead atoms. The maximum absolute atomic E-state index is 11.4. The van der Waals surface area contributed by atoms with Crippen LogP contribution in [0.4, 0.5) is 11.4 Å². The van der Waals surface area contributed by atoms with Gasteiger partial charge in [0, 0.05) is 34.1 Å². The Morgan fingerprint density at radius 1 is 1.24 bits per heavy atom. The van der Waals surface area contributed by atoms with Crippen molar-refractivity contribution in [3.05, 3.63) is 71.4 Å². The highest BCUT2D eigenvalue weighted by atomic mass is 35.5. The van der Waals surface area contributed by atoms with E-state index in [2.05, 4.69) is 10.3 Å². The van der Waals surface area contributed by atoms with Crippen molar-refractivity contribution in [3.63, 3.8) is 0 Å². The molecule has 0 aliphatic rings. The fourth-order valence-electron chi connectivity index (χ4n) is 2.46. The minimum absolute atomic E-state index is 0.349. The fraction of sp³-hybridized carbons (Fsp3) is 0.100. The van der Waals surface area contributed by atoms with Gasteiger partial charge in [-0.1, -0.05) is 23.7 Å². The quantitative estimate of drug-likeness (QED) is 0.506. The predicted molar refractivity (Wildman–Crippen MR) is 102 cm³/mol. The van der Waals surface area contributed by atoms with Crippen molar-refractivity contribution in [2.45, 2.75) is 6.92 Å². The molecule has 0 amide bonds. The average molecular weight is 353 g/mol. The maximum atomic E-state index is 11.4. The van der Waals surface area contributed by atoms with Gasteiger partial charge in [0.05, 0.1) is 12.1 Å². The molecule has 0 fully saturated rings. The molecule has 0 saturated carbocycles. The van der Waals surface area contributed by atoms with Crippen molar-refractivity contribution in [3.8, 4) is 0 Å². The second kappa shape index (κ2) is 7.81. The minimum Gasteiger partial charge on any atom is -0.463 e. The summed E-state index contributed by atoms with van der Waals surface area (Å²) in [7, 11) is 0. The highest BCUT2D eigenvalue weighted by molar-refractivity contribution is 6.31. The zero-order valence-corrected chi connectivity index (χ0v) is 14.5. The van der Waals surface area contributed by atoms with Crippen LogP contribution in [0.15, 0.2) is 60.8 Å². The summed E-state index contributed by atoms with van der Waals surface area (Å²) in [4.78, 5) is 15.8. The summed E-state index contributed by atoms with van der Waals surface area (Å²) < 4.78 is 4.89. The van der Waals surface area contributed by atoms with Gasteiger partial charge in [-0.05, 0) is 55.0 Å². The molecule has 0 atom stereocenters. The number of esters is 1. The Morgan fingerprint density at radius 3 is 2.96 bits per heavy atom. The molecule has 3 aromatic rings. The van der Waals surface area contributed by atoms with Crippen molar-refractivity contribution >= 4 is 45.9 Å². The Labute approximate surface area is 151 Å². The van der Waals surface area contributed by atoms with Crippen LogP contribution in [-0.2, 0) is 9.53 Å². The zero-order chi connectivity index (χ0) is 17.6. The van der Waals surface area contributed by atoms with Gasteiger partial charge in [-0.25, -0.2) is 4.79 Å². The van der Waals surface area contributed by atoms with Crippen LogP contribution in [0.5, 0.6) is 0 Å². The third-order valence-electron chi connectivity index (χ3n) is 3.57. The summed E-state index contributed by atoms with van der Waals surface area (Å²) in [6.45, 7) is 2.15. The number of carbonyl (C=O) groups excluding carboxylic acids is 1. The van der Waals surface area contributed by atoms with E-state index >= 15 is 0 Å². The van der Waals surface area contributed by atoms with Crippen LogP contribution in [0.1, 0.15) is 12.5 Å². The topological polar surface area (TPSA) is 51.2 Å². The predicted octanol–water partition coefficient (Wildman–Crippen LogP) is 5.21. The molecule has 0 spiro atoms. The second-order valence-electron chi connectivity index (χ2n) is 5.36. The number of hydrogen-bond donors (Lipinski definition) is 1. The van der Waals surface area contributed by atoms with Gasteiger partial charge in [-0.15, -0.1) is 0 Å². The summed E-state index contributed by atoms with van der Waals surface area (Å²) in [6, 6.07) is 15.3. The lowest BCUT2D eigenvalue weighted by Crippen LogP contribution is -1.98. The first-order valence-electron chi connectivity index (χ1n) is 7.92. The monoisotopic (exact) mass is 352 g/mol. The Balaban J connectivity index is 1.84. The summed E-state index contributed by atoms with van der Waals surface area (Å²) in [6.07, 6.45) is 4.89. The number of hydrogen-bond acceptors (Lipinski definition) is 4. The van der Waals surface area contributed by atoms with Gasteiger partial charge in [0.25, 0.3) is 0 Å². The molecule has 0 unspecified atom stereocenters. The molecule has 3 rings (SSSR count). The number of aromatic nitrogens is 1. The largest absolute Gasteiger partial charge is 0.463 e. The normalized spacial score (nSPS) is 11.0. The minimum atomic E-state index is -0.349. The number of rotatable bonds is 5. The Bertz CT molecular complexity index is 938. The molecule has 0 aliphatic carbocycles. The number of pyridine rings is 1. The van der Waals surface area contributed by atoms with Gasteiger partial charge in [0.1, 0.15) is 0 Å². The first kappa shape index (κ1) is 17.0. The number of halogens is 1. The van der Waals surface area contributed by atoms with E-state index < -0.39 is 0 Å². The van der Waals surface area contributed by atoms with Crippen LogP contribution >= 0.6 is 11.6 Å². The molecular formula is C20H17ClN2O2. The lowest BCUT2D eigenvalue weighted by Gasteiger charge is -2.10. The first-order valence-corrected chi connectivity index (χ1v) is 8.29. The summed E-state index contributed by atoms with van der Waals surface area (Å²) in [5.41, 5.74) is 3.58. The van der Waals surface area contributed by atoms with Crippen molar-refractivity contribution in [1.82, 2.24) is 4.98 Å². The van der Waals surface area contributed by atoms with Crippen LogP contribution in [0.2, 0.25) is 5.02 Å². The van der Waals surface area contributed by atoms with E-state index in [9.17, 15) is 4.79 Å². The standard InChI is InChI=1S/C20H17ClN2O2/c1-2-25-20(24)9-6-14-4-3-5-16(12-14)23-18-10-11-22-19-13-15(21)7-8-17(18)19/h3-13H,2H2,1H3,(H,22,23)/b9-6+. The van der Waals surface area contributed by atoms with Crippen LogP contribution in [-0.4, -0.2) is 17.6 Å². The average Bonchev–Trinajstić information content (AvgIpc) is 2.60. The van der Waals surface area contributed by atoms with Crippen LogP contribution in [0, 0.1) is 0 Å². The van der Waals surface area contributed by atoms with Gasteiger partial charge in [-0.3, -0.25) is 4.98 Å². The van der Waals surface area contributed by atoms with Gasteiger partial charge >= 0.3 is 5.97 Å². The molecule has 5 heteroatoms. The van der Waals surface area contributed by atoms with Crippen LogP contribution in [0.25, 0.3) is 17.0 Å². The Kier molecular flexibility index (Phi) is 5.31. The maximum Gasteiger partial charge on any atom is 0.330 e. The molecule has 0 saturated heterocycles. The fourth-order valence-corrected chi connectivity index (χ4v) is 2.63. The molecule has 126 valence electrons. The number of carbonyl (C=O) groups is 1. The van der Waals surface area contributed by atoms with Crippen molar-refractivity contribution in [2.75, 3.05) is 11.9 Å². The summed E-state index contributed by atoms with van der Waals surface area (Å²) in [5, 5.41) is 5.03. The third-order valence-corrected chi connectivity index (χ3v) is 3.80. The van der Waals surface area contributed by atoms with Crippen LogP contribution in [0.3, 0.4) is 0 Å². The van der Waals surface area contributed by atoms with E-state index in [1.807, 2.05) is 48.5 Å². The number of nitrogens with one attached hydrogen (secondary N) is 1. The van der Waals surface area contributed by atoms with Gasteiger partial charge in [0.2, 0.25) is 0 Å². The number of ether oxygens (including phenoxy) is 1. The third kappa shape index (κ3) is 4.37. The van der Waals surface area contributed by atoms with Crippen molar-refractivity contribution in [1.29, 1.82) is 0 Å². The number of anilines is 2. The van der Waals surface area contributed by atoms with E-state index in [0.717, 1.165) is 27.8 Å². The van der Waals surface area contributed by atoms with E-state index in [0.29, 0.717) is 11.6 Å². The van der Waals surface area contributed by atoms with Gasteiger partial charge in [-0.2, -0.15) is 0 Å². The summed E-state index contributed by atoms with van der Waals surface area (Å²) >= 11 is 6.03. The SMILES string of the molecule is CCOC(=O)/C=C/c1cccc(Nc2ccnc3cc(Cl)ccc23)c1. The molecule has 1 aromatic heterocycles. The lowest BCUT2D eigenvalue weighted by molar-refractivity contribution is -0.137. The Hall–Kier alpha value is -2.85. The van der Waals surface area contributed by atoms with E-state index in [4.69, 9.17) is 16.3 Å². The van der Waals surface area contributed by atoms with E-state index in [1.54, 1.807) is 19.2 Å². The Morgan fingerprint density at radius 2 is 2.12 bits per heavy atom. The molecule has 25 heavy (non-hydrogen) atoms. The van der Waals surface area contributed by atoms with Gasteiger partial charge < -0.3 is 10.1 Å². The molecule has 1 N–H and O–H groups in total. The van der Waals surface area contributed by atoms with Gasteiger partial charge in [0.15, 0.2) is 0 Å². The second-order valence-corrected chi connectivity index (χ2v) is 5.79. The zero-order valence-electron chi connectivity index (χ0n) is 13.7. The first-order chi connectivity index (χ1) is 12.2. The smallest absolute Gasteiger partial charge is 0.330 e. The van der Waals surface area contributed by atoms with Crippen molar-refractivity contribution < 1.29 is 9.53 Å². The van der Waals surface area contributed by atoms with Crippen LogP contribution < -0.4 is 5.32 Å². The van der Waals surface area contributed by atoms with Crippen molar-refractivity contribution in [2.24, 2.45) is 0 Å². The van der Waals surface area contributed by atoms with E-state index in [1.165, 1.54) is 6.08 Å². The summed E-state index contributed by atoms with van der Waals surface area (Å²) in [5.74, 6) is -0.349. The van der Waals surface area contributed by atoms with E-state index in [-0.39, 0.29) is 5.97 Å². The number of fused-ring (bicyclic) bond motifs is 1.